The van der Waals surface area contributed by atoms with Gasteiger partial charge in [-0.15, -0.1) is 0 Å². The molecule has 17 aromatic carbocycles. The third-order valence-electron chi connectivity index (χ3n) is 28.9. The molecule has 0 saturated carbocycles. The number of anilines is 6. The summed E-state index contributed by atoms with van der Waals surface area (Å²) in [6.45, 7) is 42.1. The number of hydrogen-bond acceptors (Lipinski definition) is 3. The number of benzene rings is 17. The Morgan fingerprint density at radius 2 is 0.511 bits per heavy atom. The summed E-state index contributed by atoms with van der Waals surface area (Å²) in [5.74, 6) is 0. The van der Waals surface area contributed by atoms with Crippen LogP contribution in [0.3, 0.4) is 0 Å². The summed E-state index contributed by atoms with van der Waals surface area (Å²) in [6, 6.07) is 136. The number of furan rings is 1. The van der Waals surface area contributed by atoms with Crippen molar-refractivity contribution in [3.05, 3.63) is 385 Å². The lowest BCUT2D eigenvalue weighted by atomic mass is 9.33. The Labute approximate surface area is 782 Å². The number of para-hydroxylation sites is 3. The van der Waals surface area contributed by atoms with Crippen molar-refractivity contribution in [2.45, 2.75) is 157 Å². The summed E-state index contributed by atoms with van der Waals surface area (Å²) < 4.78 is 15.1. The van der Waals surface area contributed by atoms with Gasteiger partial charge in [0.15, 0.2) is 5.58 Å². The molecule has 0 N–H and O–H groups in total. The van der Waals surface area contributed by atoms with Crippen LogP contribution in [-0.4, -0.2) is 20.4 Å². The highest BCUT2D eigenvalue weighted by Crippen LogP contribution is 2.57. The van der Waals surface area contributed by atoms with Crippen molar-refractivity contribution in [3.63, 3.8) is 0 Å². The fourth-order valence-corrected chi connectivity index (χ4v) is 21.6. The highest BCUT2D eigenvalue weighted by molar-refractivity contribution is 7.00. The maximum absolute atomic E-state index is 7.41. The monoisotopic (exact) mass is 1720 g/mol. The number of hydrogen-bond donors (Lipinski definition) is 0. The molecule has 2 aliphatic heterocycles. The third-order valence-corrected chi connectivity index (χ3v) is 28.9. The fourth-order valence-electron chi connectivity index (χ4n) is 21.6. The number of rotatable bonds is 10. The lowest BCUT2D eigenvalue weighted by Crippen LogP contribution is -2.61. The van der Waals surface area contributed by atoms with E-state index >= 15 is 0 Å². The normalized spacial score (nSPS) is 13.3. The molecule has 6 heterocycles. The minimum Gasteiger partial charge on any atom is -0.454 e. The van der Waals surface area contributed by atoms with Gasteiger partial charge >= 0.3 is 0 Å². The van der Waals surface area contributed by atoms with E-state index in [1.165, 1.54) is 104 Å². The van der Waals surface area contributed by atoms with Crippen molar-refractivity contribution in [1.82, 2.24) is 13.7 Å². The second-order valence-electron chi connectivity index (χ2n) is 43.8. The van der Waals surface area contributed by atoms with E-state index in [0.29, 0.717) is 0 Å². The van der Waals surface area contributed by atoms with E-state index in [1.807, 2.05) is 0 Å². The predicted molar refractivity (Wildman–Crippen MR) is 570 cm³/mol. The zero-order chi connectivity index (χ0) is 91.6. The highest BCUT2D eigenvalue weighted by Gasteiger charge is 2.47. The molecule has 21 aromatic rings. The second-order valence-corrected chi connectivity index (χ2v) is 43.8. The summed E-state index contributed by atoms with van der Waals surface area (Å²) in [7, 11) is 0. The first-order valence-corrected chi connectivity index (χ1v) is 47.6. The van der Waals surface area contributed by atoms with Crippen molar-refractivity contribution < 1.29 is 4.42 Å². The summed E-state index contributed by atoms with van der Waals surface area (Å²) in [6.07, 6.45) is 0. The number of nitrogens with zero attached hydrogens (tertiary/aromatic N) is 5. The van der Waals surface area contributed by atoms with Crippen LogP contribution in [0.15, 0.2) is 356 Å². The average molecular weight is 1720 g/mol. The quantitative estimate of drug-likeness (QED) is 0.128. The third kappa shape index (κ3) is 13.5. The maximum Gasteiger partial charge on any atom is 0.252 e. The first kappa shape index (κ1) is 83.0. The van der Waals surface area contributed by atoms with Gasteiger partial charge in [-0.3, -0.25) is 0 Å². The molecule has 4 aromatic heterocycles. The van der Waals surface area contributed by atoms with Crippen LogP contribution in [0, 0.1) is 0 Å². The lowest BCUT2D eigenvalue weighted by Gasteiger charge is -2.46. The zero-order valence-corrected chi connectivity index (χ0v) is 79.7. The van der Waals surface area contributed by atoms with Crippen LogP contribution >= 0.6 is 0 Å². The molecule has 0 spiro atoms. The Kier molecular flexibility index (Phi) is 18.8. The van der Waals surface area contributed by atoms with Crippen LogP contribution in [0.2, 0.25) is 0 Å². The smallest absolute Gasteiger partial charge is 0.252 e. The first-order chi connectivity index (χ1) is 63.8. The van der Waals surface area contributed by atoms with E-state index in [4.69, 9.17) is 4.42 Å². The summed E-state index contributed by atoms with van der Waals surface area (Å²) in [4.78, 5) is 5.55. The molecule has 0 bridgehead atoms. The summed E-state index contributed by atoms with van der Waals surface area (Å²) >= 11 is 0. The van der Waals surface area contributed by atoms with Gasteiger partial charge < -0.3 is 27.9 Å². The largest absolute Gasteiger partial charge is 0.454 e. The van der Waals surface area contributed by atoms with E-state index in [9.17, 15) is 0 Å². The number of fused-ring (bicyclic) bond motifs is 16. The van der Waals surface area contributed by atoms with Crippen molar-refractivity contribution in [2.24, 2.45) is 0 Å². The van der Waals surface area contributed by atoms with Gasteiger partial charge in [0.2, 0.25) is 0 Å². The molecule has 23 rings (SSSR count). The zero-order valence-electron chi connectivity index (χ0n) is 79.7. The van der Waals surface area contributed by atoms with Crippen LogP contribution < -0.4 is 26.2 Å². The molecule has 0 radical (unpaired) electrons. The van der Waals surface area contributed by atoms with Crippen LogP contribution in [0.5, 0.6) is 0 Å². The second kappa shape index (κ2) is 30.1. The predicted octanol–water partition coefficient (Wildman–Crippen LogP) is 33.1. The molecule has 6 nitrogen and oxygen atoms in total. The van der Waals surface area contributed by atoms with Gasteiger partial charge in [0, 0.05) is 99.5 Å². The van der Waals surface area contributed by atoms with E-state index in [2.05, 4.69) is 500 Å². The van der Waals surface area contributed by atoms with E-state index in [1.54, 1.807) is 0 Å². The molecule has 0 aliphatic carbocycles. The average Bonchev–Trinajstić information content (AvgIpc) is 0.827. The van der Waals surface area contributed by atoms with Gasteiger partial charge in [-0.05, 0) is 231 Å². The molecule has 7 heteroatoms. The van der Waals surface area contributed by atoms with Gasteiger partial charge in [0.1, 0.15) is 5.58 Å². The van der Waals surface area contributed by atoms with Crippen LogP contribution in [0.1, 0.15) is 158 Å². The minimum absolute atomic E-state index is 0.148. The number of aromatic nitrogens is 3. The van der Waals surface area contributed by atoms with Gasteiger partial charge in [0.05, 0.1) is 50.2 Å². The Morgan fingerprint density at radius 1 is 0.211 bits per heavy atom. The molecular formula is C126H112BN5O. The molecule has 0 unspecified atom stereocenters. The van der Waals surface area contributed by atoms with Crippen LogP contribution in [0.4, 0.5) is 34.1 Å². The Morgan fingerprint density at radius 3 is 0.857 bits per heavy atom. The summed E-state index contributed by atoms with van der Waals surface area (Å²) in [5, 5.41) is 9.33. The van der Waals surface area contributed by atoms with Crippen molar-refractivity contribution in [1.29, 1.82) is 0 Å². The summed E-state index contributed by atoms with van der Waals surface area (Å²) in [5.41, 5.74) is 39.3. The van der Waals surface area contributed by atoms with E-state index < -0.39 is 0 Å². The van der Waals surface area contributed by atoms with Gasteiger partial charge in [-0.2, -0.15) is 0 Å². The SMILES string of the molecule is CC(C)(C)c1cc(-c2ccccc2)c(N2c3cc(-n4c5cc(C(C)(C)C)ccc5c5ccc(C(C)(C)C)cc54)ccc3B3c4ccc(-n5c6cc(C(C)(C)C)ccc6c6ccc(C(C)(C)C)cc65)cc4N(c4c(-c5ccccc5)cc(C(C)(C)C)cc4-c4ccccc4)c4cc(-c5cc(-n6c7ccccc7c7ccccc76)c6oc7ccccc7c6c5)cc2c43)c(-c2ccccc2)c1. The minimum atomic E-state index is -0.382. The van der Waals surface area contributed by atoms with Gasteiger partial charge in [-0.1, -0.05) is 361 Å². The van der Waals surface area contributed by atoms with Gasteiger partial charge in [0.25, 0.3) is 6.71 Å². The molecule has 2 aliphatic rings. The molecule has 0 amide bonds. The molecule has 0 fully saturated rings. The molecule has 0 atom stereocenters. The molecule has 650 valence electrons. The van der Waals surface area contributed by atoms with Gasteiger partial charge in [-0.25, -0.2) is 0 Å². The molecule has 133 heavy (non-hydrogen) atoms. The Hall–Kier alpha value is -14.4. The topological polar surface area (TPSA) is 34.4 Å². The van der Waals surface area contributed by atoms with Crippen LogP contribution in [0.25, 0.3) is 160 Å². The molecule has 0 saturated heterocycles. The van der Waals surface area contributed by atoms with E-state index in [-0.39, 0.29) is 39.2 Å². The van der Waals surface area contributed by atoms with Crippen LogP contribution in [-0.2, 0) is 32.5 Å². The maximum atomic E-state index is 7.41. The van der Waals surface area contributed by atoms with Crippen molar-refractivity contribution >= 4 is 145 Å². The Balaban J connectivity index is 0.948. The first-order valence-electron chi connectivity index (χ1n) is 47.6. The molecular weight excluding hydrogens is 1610 g/mol. The van der Waals surface area contributed by atoms with E-state index in [0.717, 1.165) is 140 Å². The van der Waals surface area contributed by atoms with Crippen molar-refractivity contribution in [3.8, 4) is 72.7 Å². The highest BCUT2D eigenvalue weighted by atomic mass is 16.3. The Bertz CT molecular complexity index is 7670. The fraction of sp³-hybridized carbons (Fsp3) is 0.190. The van der Waals surface area contributed by atoms with Crippen molar-refractivity contribution in [2.75, 3.05) is 9.80 Å². The lowest BCUT2D eigenvalue weighted by molar-refractivity contribution is 0.590. The standard InChI is InChI=1S/C126H112BN5O/c1-121(2,3)83-51-57-93-94-58-52-84(122(4,5)6)72-108(94)128(107(93)71-83)89-55-61-103-111(75-89)131(118-98(77-37-23-19-24-38-77)67-87(125(13,14)15)68-99(118)78-39-25-20-26-40-78)113-64-82(81-63-102-97-47-33-36-50-116(97)133-120(102)115(66-81)130-105-48-34-31-45-91(105)92-46-32-35-49-106(92)130)65-114-117(113)127(103)104-62-56-90(129-109-73-85(123(7,8)9)53-59-95(109)96-60-54-86(74-110(96)129)124(10,11)12)76-112(104)132(114)119-100(79-41-27-21-28-42-79)69-88(126(16,17)18)70-101(119)80-43-29-22-30-44-80/h19-76H,1-18H3.